The lowest BCUT2D eigenvalue weighted by molar-refractivity contribution is 0.0462. The van der Waals surface area contributed by atoms with Gasteiger partial charge in [0, 0.05) is 11.2 Å². The number of fused-ring (bicyclic) bond motifs is 1. The van der Waals surface area contributed by atoms with Crippen molar-refractivity contribution in [2.45, 2.75) is 20.1 Å². The summed E-state index contributed by atoms with van der Waals surface area (Å²) in [5.74, 6) is -0.267. The number of carbonyl (C=O) groups is 1. The summed E-state index contributed by atoms with van der Waals surface area (Å²) in [6, 6.07) is 12.8. The zero-order chi connectivity index (χ0) is 20.4. The van der Waals surface area contributed by atoms with Gasteiger partial charge in [-0.1, -0.05) is 41.9 Å². The van der Waals surface area contributed by atoms with E-state index in [1.54, 1.807) is 29.1 Å². The molecule has 2 aromatic heterocycles. The van der Waals surface area contributed by atoms with Crippen molar-refractivity contribution in [3.05, 3.63) is 92.7 Å². The maximum Gasteiger partial charge on any atom is 0.341 e. The van der Waals surface area contributed by atoms with E-state index in [2.05, 4.69) is 15.1 Å². The fraction of sp³-hybridized carbons (Fsp3) is 0.143. The average molecular weight is 409 g/mol. The van der Waals surface area contributed by atoms with Crippen molar-refractivity contribution in [1.82, 2.24) is 19.7 Å². The molecule has 29 heavy (non-hydrogen) atoms. The van der Waals surface area contributed by atoms with E-state index in [0.29, 0.717) is 28.0 Å². The molecule has 0 spiro atoms. The van der Waals surface area contributed by atoms with Gasteiger partial charge < -0.3 is 9.72 Å². The van der Waals surface area contributed by atoms with Crippen LogP contribution in [0.2, 0.25) is 5.02 Å². The van der Waals surface area contributed by atoms with Crippen molar-refractivity contribution >= 4 is 28.5 Å². The highest BCUT2D eigenvalue weighted by molar-refractivity contribution is 6.31. The van der Waals surface area contributed by atoms with E-state index in [4.69, 9.17) is 16.3 Å². The number of nitrogens with one attached hydrogen (secondary N) is 1. The minimum absolute atomic E-state index is 0.145. The van der Waals surface area contributed by atoms with Crippen LogP contribution < -0.4 is 5.56 Å². The molecule has 0 unspecified atom stereocenters. The van der Waals surface area contributed by atoms with Gasteiger partial charge in [0.05, 0.1) is 29.2 Å². The normalized spacial score (nSPS) is 11.0. The molecule has 4 rings (SSSR count). The third kappa shape index (κ3) is 4.05. The second kappa shape index (κ2) is 7.89. The largest absolute Gasteiger partial charge is 0.454 e. The number of H-pyrrole nitrogens is 1. The molecule has 0 fully saturated rings. The van der Waals surface area contributed by atoms with E-state index in [-0.39, 0.29) is 18.0 Å². The smallest absolute Gasteiger partial charge is 0.341 e. The van der Waals surface area contributed by atoms with E-state index in [1.807, 2.05) is 31.2 Å². The molecule has 0 saturated carbocycles. The lowest BCUT2D eigenvalue weighted by Gasteiger charge is -2.06. The van der Waals surface area contributed by atoms with Gasteiger partial charge in [0.2, 0.25) is 0 Å². The molecule has 0 bridgehead atoms. The Balaban J connectivity index is 1.46. The molecule has 4 aromatic rings. The summed E-state index contributed by atoms with van der Waals surface area (Å²) in [5.41, 5.74) is 2.40. The highest BCUT2D eigenvalue weighted by Crippen LogP contribution is 2.16. The Morgan fingerprint density at radius 1 is 1.21 bits per heavy atom. The van der Waals surface area contributed by atoms with E-state index >= 15 is 0 Å². The highest BCUT2D eigenvalue weighted by Gasteiger charge is 2.13. The van der Waals surface area contributed by atoms with Crippen LogP contribution in [-0.2, 0) is 17.9 Å². The third-order valence-corrected chi connectivity index (χ3v) is 4.85. The number of hydrogen-bond acceptors (Lipinski definition) is 5. The predicted octanol–water partition coefficient (Wildman–Crippen LogP) is 3.49. The van der Waals surface area contributed by atoms with Crippen LogP contribution in [0.1, 0.15) is 27.3 Å². The molecule has 0 saturated heterocycles. The number of hydrogen-bond donors (Lipinski definition) is 1. The number of nitrogens with zero attached hydrogens (tertiary/aromatic N) is 3. The molecule has 0 atom stereocenters. The van der Waals surface area contributed by atoms with E-state index in [1.165, 1.54) is 6.20 Å². The highest BCUT2D eigenvalue weighted by atomic mass is 35.5. The monoisotopic (exact) mass is 408 g/mol. The maximum absolute atomic E-state index is 12.3. The van der Waals surface area contributed by atoms with Crippen LogP contribution in [0.15, 0.2) is 59.7 Å². The predicted molar refractivity (Wildman–Crippen MR) is 109 cm³/mol. The molecule has 2 heterocycles. The minimum Gasteiger partial charge on any atom is -0.454 e. The number of aromatic amines is 1. The van der Waals surface area contributed by atoms with Crippen LogP contribution in [0.4, 0.5) is 0 Å². The van der Waals surface area contributed by atoms with Crippen molar-refractivity contribution in [1.29, 1.82) is 0 Å². The molecule has 0 radical (unpaired) electrons. The first kappa shape index (κ1) is 18.9. The second-order valence-electron chi connectivity index (χ2n) is 6.58. The zero-order valence-electron chi connectivity index (χ0n) is 15.6. The van der Waals surface area contributed by atoms with Crippen molar-refractivity contribution in [3.8, 4) is 0 Å². The SMILES string of the molecule is Cc1cccc2c(=O)[nH]c(COC(=O)c3cnn(Cc4ccccc4Cl)c3)nc12. The van der Waals surface area contributed by atoms with E-state index in [0.717, 1.165) is 11.1 Å². The van der Waals surface area contributed by atoms with Gasteiger partial charge in [-0.2, -0.15) is 5.10 Å². The first-order valence-electron chi connectivity index (χ1n) is 8.93. The standard InChI is InChI=1S/C21H17ClN4O3/c1-13-5-4-7-16-19(13)24-18(25-20(16)27)12-29-21(28)15-9-23-26(11-15)10-14-6-2-3-8-17(14)22/h2-9,11H,10,12H2,1H3,(H,24,25,27). The van der Waals surface area contributed by atoms with Gasteiger partial charge in [-0.3, -0.25) is 9.48 Å². The summed E-state index contributed by atoms with van der Waals surface area (Å²) in [5, 5.41) is 5.31. The first-order valence-corrected chi connectivity index (χ1v) is 9.30. The summed E-state index contributed by atoms with van der Waals surface area (Å²) in [7, 11) is 0. The Hall–Kier alpha value is -3.45. The first-order chi connectivity index (χ1) is 14.0. The molecule has 0 aliphatic heterocycles. The molecular weight excluding hydrogens is 392 g/mol. The van der Waals surface area contributed by atoms with Crippen molar-refractivity contribution in [3.63, 3.8) is 0 Å². The fourth-order valence-electron chi connectivity index (χ4n) is 2.99. The van der Waals surface area contributed by atoms with Gasteiger partial charge in [-0.15, -0.1) is 0 Å². The van der Waals surface area contributed by atoms with Gasteiger partial charge in [0.1, 0.15) is 12.4 Å². The van der Waals surface area contributed by atoms with Crippen molar-refractivity contribution in [2.75, 3.05) is 0 Å². The molecule has 8 heteroatoms. The van der Waals surface area contributed by atoms with Crippen LogP contribution in [0, 0.1) is 6.92 Å². The van der Waals surface area contributed by atoms with Gasteiger partial charge in [0.25, 0.3) is 5.56 Å². The number of halogens is 1. The molecule has 1 N–H and O–H groups in total. The van der Waals surface area contributed by atoms with E-state index in [9.17, 15) is 9.59 Å². The minimum atomic E-state index is -0.553. The third-order valence-electron chi connectivity index (χ3n) is 4.49. The molecule has 0 aliphatic rings. The zero-order valence-corrected chi connectivity index (χ0v) is 16.3. The summed E-state index contributed by atoms with van der Waals surface area (Å²) >= 11 is 6.16. The number of esters is 1. The summed E-state index contributed by atoms with van der Waals surface area (Å²) < 4.78 is 6.90. The lowest BCUT2D eigenvalue weighted by atomic mass is 10.1. The average Bonchev–Trinajstić information content (AvgIpc) is 3.17. The van der Waals surface area contributed by atoms with Gasteiger partial charge in [-0.05, 0) is 30.2 Å². The molecule has 7 nitrogen and oxygen atoms in total. The number of aromatic nitrogens is 4. The second-order valence-corrected chi connectivity index (χ2v) is 6.99. The number of ether oxygens (including phenoxy) is 1. The van der Waals surface area contributed by atoms with E-state index < -0.39 is 5.97 Å². The Labute approximate surface area is 170 Å². The van der Waals surface area contributed by atoms with Crippen LogP contribution in [0.3, 0.4) is 0 Å². The van der Waals surface area contributed by atoms with Crippen molar-refractivity contribution < 1.29 is 9.53 Å². The van der Waals surface area contributed by atoms with Gasteiger partial charge in [0.15, 0.2) is 0 Å². The molecule has 0 amide bonds. The summed E-state index contributed by atoms with van der Waals surface area (Å²) in [6.07, 6.45) is 3.02. The molecule has 2 aromatic carbocycles. The van der Waals surface area contributed by atoms with Crippen LogP contribution in [-0.4, -0.2) is 25.7 Å². The van der Waals surface area contributed by atoms with Crippen LogP contribution in [0.5, 0.6) is 0 Å². The van der Waals surface area contributed by atoms with Crippen LogP contribution >= 0.6 is 11.6 Å². The topological polar surface area (TPSA) is 89.9 Å². The van der Waals surface area contributed by atoms with Gasteiger partial charge >= 0.3 is 5.97 Å². The molecular formula is C21H17ClN4O3. The number of benzene rings is 2. The fourth-order valence-corrected chi connectivity index (χ4v) is 3.19. The summed E-state index contributed by atoms with van der Waals surface area (Å²) in [6.45, 7) is 2.16. The maximum atomic E-state index is 12.3. The number of rotatable bonds is 5. The summed E-state index contributed by atoms with van der Waals surface area (Å²) in [4.78, 5) is 31.6. The quantitative estimate of drug-likeness (QED) is 0.510. The Morgan fingerprint density at radius 2 is 2.03 bits per heavy atom. The Morgan fingerprint density at radius 3 is 2.86 bits per heavy atom. The number of aryl methyl sites for hydroxylation is 1. The number of carbonyl (C=O) groups excluding carboxylic acids is 1. The Kier molecular flexibility index (Phi) is 5.14. The number of para-hydroxylation sites is 1. The molecule has 146 valence electrons. The molecule has 0 aliphatic carbocycles. The lowest BCUT2D eigenvalue weighted by Crippen LogP contribution is -2.15. The Bertz CT molecular complexity index is 1260. The van der Waals surface area contributed by atoms with Crippen molar-refractivity contribution in [2.24, 2.45) is 0 Å². The van der Waals surface area contributed by atoms with Gasteiger partial charge in [-0.25, -0.2) is 9.78 Å². The van der Waals surface area contributed by atoms with Crippen LogP contribution in [0.25, 0.3) is 10.9 Å².